The second kappa shape index (κ2) is 6.73. The van der Waals surface area contributed by atoms with Gasteiger partial charge in [-0.15, -0.1) is 0 Å². The summed E-state index contributed by atoms with van der Waals surface area (Å²) in [7, 11) is 0. The number of aryl methyl sites for hydroxylation is 1. The standard InChI is InChI=1S/C18H24O3/c19-14(7-6-13-4-2-1-3-5-13)8-9-15-16-10-11-21-18(16)12-17(15)20/h1-5,8-9,14-20H,6-7,10-12H2. The zero-order valence-electron chi connectivity index (χ0n) is 12.3. The Labute approximate surface area is 126 Å². The van der Waals surface area contributed by atoms with E-state index in [0.717, 1.165) is 25.9 Å². The Morgan fingerprint density at radius 2 is 2.10 bits per heavy atom. The first-order chi connectivity index (χ1) is 10.2. The fraction of sp³-hybridized carbons (Fsp3) is 0.556. The van der Waals surface area contributed by atoms with Crippen molar-refractivity contribution in [2.75, 3.05) is 6.61 Å². The van der Waals surface area contributed by atoms with Gasteiger partial charge in [0.1, 0.15) is 0 Å². The topological polar surface area (TPSA) is 49.7 Å². The summed E-state index contributed by atoms with van der Waals surface area (Å²) in [6, 6.07) is 10.2. The zero-order valence-corrected chi connectivity index (χ0v) is 12.3. The van der Waals surface area contributed by atoms with Crippen molar-refractivity contribution in [3.8, 4) is 0 Å². The van der Waals surface area contributed by atoms with Crippen molar-refractivity contribution in [2.45, 2.75) is 44.0 Å². The highest BCUT2D eigenvalue weighted by molar-refractivity contribution is 5.15. The Morgan fingerprint density at radius 1 is 1.29 bits per heavy atom. The van der Waals surface area contributed by atoms with Gasteiger partial charge in [0.25, 0.3) is 0 Å². The van der Waals surface area contributed by atoms with E-state index >= 15 is 0 Å². The van der Waals surface area contributed by atoms with Gasteiger partial charge in [0.05, 0.1) is 18.3 Å². The van der Waals surface area contributed by atoms with Crippen LogP contribution in [0.1, 0.15) is 24.8 Å². The summed E-state index contributed by atoms with van der Waals surface area (Å²) < 4.78 is 5.63. The average molecular weight is 288 g/mol. The van der Waals surface area contributed by atoms with Gasteiger partial charge in [0.2, 0.25) is 0 Å². The molecule has 114 valence electrons. The van der Waals surface area contributed by atoms with Crippen molar-refractivity contribution in [2.24, 2.45) is 11.8 Å². The third-order valence-corrected chi connectivity index (χ3v) is 4.80. The molecule has 0 aromatic heterocycles. The minimum Gasteiger partial charge on any atom is -0.392 e. The van der Waals surface area contributed by atoms with Gasteiger partial charge in [-0.1, -0.05) is 42.5 Å². The van der Waals surface area contributed by atoms with E-state index in [1.165, 1.54) is 5.56 Å². The molecular weight excluding hydrogens is 264 g/mol. The lowest BCUT2D eigenvalue weighted by molar-refractivity contribution is 0.0805. The third-order valence-electron chi connectivity index (χ3n) is 4.80. The summed E-state index contributed by atoms with van der Waals surface area (Å²) in [6.07, 6.45) is 6.67. The van der Waals surface area contributed by atoms with Gasteiger partial charge in [0, 0.05) is 18.9 Å². The molecule has 5 unspecified atom stereocenters. The Balaban J connectivity index is 1.51. The van der Waals surface area contributed by atoms with Crippen molar-refractivity contribution in [3.63, 3.8) is 0 Å². The summed E-state index contributed by atoms with van der Waals surface area (Å²) >= 11 is 0. The molecule has 2 aliphatic rings. The van der Waals surface area contributed by atoms with E-state index in [-0.39, 0.29) is 18.1 Å². The monoisotopic (exact) mass is 288 g/mol. The van der Waals surface area contributed by atoms with E-state index in [9.17, 15) is 10.2 Å². The van der Waals surface area contributed by atoms with Gasteiger partial charge in [-0.3, -0.25) is 0 Å². The highest BCUT2D eigenvalue weighted by atomic mass is 16.5. The molecule has 2 N–H and O–H groups in total. The number of rotatable bonds is 5. The number of aliphatic hydroxyl groups is 2. The molecular formula is C18H24O3. The van der Waals surface area contributed by atoms with Gasteiger partial charge in [-0.25, -0.2) is 0 Å². The average Bonchev–Trinajstić information content (AvgIpc) is 3.05. The van der Waals surface area contributed by atoms with Gasteiger partial charge in [-0.05, 0) is 30.7 Å². The van der Waals surface area contributed by atoms with Gasteiger partial charge in [0.15, 0.2) is 0 Å². The van der Waals surface area contributed by atoms with Crippen LogP contribution in [0.15, 0.2) is 42.5 Å². The Kier molecular flexibility index (Phi) is 4.73. The van der Waals surface area contributed by atoms with Gasteiger partial charge in [-0.2, -0.15) is 0 Å². The molecule has 3 heteroatoms. The third kappa shape index (κ3) is 3.54. The highest BCUT2D eigenvalue weighted by Gasteiger charge is 2.44. The molecule has 3 nitrogen and oxygen atoms in total. The van der Waals surface area contributed by atoms with Gasteiger partial charge < -0.3 is 14.9 Å². The van der Waals surface area contributed by atoms with E-state index in [2.05, 4.69) is 12.1 Å². The zero-order chi connectivity index (χ0) is 14.7. The van der Waals surface area contributed by atoms with Gasteiger partial charge >= 0.3 is 0 Å². The van der Waals surface area contributed by atoms with Crippen LogP contribution in [0.3, 0.4) is 0 Å². The van der Waals surface area contributed by atoms with Crippen molar-refractivity contribution in [1.82, 2.24) is 0 Å². The predicted molar refractivity (Wildman–Crippen MR) is 81.9 cm³/mol. The maximum Gasteiger partial charge on any atom is 0.0724 e. The highest BCUT2D eigenvalue weighted by Crippen LogP contribution is 2.41. The smallest absolute Gasteiger partial charge is 0.0724 e. The Bertz CT molecular complexity index is 471. The van der Waals surface area contributed by atoms with Crippen LogP contribution < -0.4 is 0 Å². The maximum absolute atomic E-state index is 10.1. The molecule has 1 aromatic rings. The van der Waals surface area contributed by atoms with Crippen LogP contribution in [-0.2, 0) is 11.2 Å². The Hall–Kier alpha value is -1.16. The van der Waals surface area contributed by atoms with Crippen LogP contribution >= 0.6 is 0 Å². The lowest BCUT2D eigenvalue weighted by Gasteiger charge is -2.16. The number of ether oxygens (including phenoxy) is 1. The van der Waals surface area contributed by atoms with Crippen LogP contribution in [0.2, 0.25) is 0 Å². The summed E-state index contributed by atoms with van der Waals surface area (Å²) in [5.74, 6) is 0.571. The van der Waals surface area contributed by atoms with E-state index in [0.29, 0.717) is 12.3 Å². The normalized spacial score (nSPS) is 33.4. The lowest BCUT2D eigenvalue weighted by Crippen LogP contribution is -2.18. The first-order valence-electron chi connectivity index (χ1n) is 7.94. The quantitative estimate of drug-likeness (QED) is 0.818. The van der Waals surface area contributed by atoms with E-state index in [1.807, 2.05) is 30.4 Å². The second-order valence-electron chi connectivity index (χ2n) is 6.22. The summed E-state index contributed by atoms with van der Waals surface area (Å²) in [5.41, 5.74) is 1.25. The van der Waals surface area contributed by atoms with Crippen molar-refractivity contribution < 1.29 is 14.9 Å². The molecule has 1 aliphatic carbocycles. The van der Waals surface area contributed by atoms with Crippen LogP contribution in [-0.4, -0.2) is 35.1 Å². The molecule has 1 aromatic carbocycles. The molecule has 5 atom stereocenters. The lowest BCUT2D eigenvalue weighted by atomic mass is 9.91. The fourth-order valence-corrected chi connectivity index (χ4v) is 3.61. The molecule has 0 bridgehead atoms. The summed E-state index contributed by atoms with van der Waals surface area (Å²) in [4.78, 5) is 0. The predicted octanol–water partition coefficient (Wildman–Crippen LogP) is 2.32. The molecule has 1 saturated carbocycles. The number of fused-ring (bicyclic) bond motifs is 1. The second-order valence-corrected chi connectivity index (χ2v) is 6.22. The number of hydrogen-bond donors (Lipinski definition) is 2. The number of benzene rings is 1. The Morgan fingerprint density at radius 3 is 2.90 bits per heavy atom. The number of hydrogen-bond acceptors (Lipinski definition) is 3. The SMILES string of the molecule is OC(C=CC1C(O)CC2OCCC21)CCc1ccccc1. The summed E-state index contributed by atoms with van der Waals surface area (Å²) in [5, 5.41) is 20.2. The molecule has 0 spiro atoms. The fourth-order valence-electron chi connectivity index (χ4n) is 3.61. The first kappa shape index (κ1) is 14.8. The molecule has 0 amide bonds. The van der Waals surface area contributed by atoms with E-state index < -0.39 is 6.10 Å². The minimum atomic E-state index is -0.446. The summed E-state index contributed by atoms with van der Waals surface area (Å²) in [6.45, 7) is 0.808. The molecule has 2 fully saturated rings. The number of aliphatic hydroxyl groups excluding tert-OH is 2. The van der Waals surface area contributed by atoms with Crippen molar-refractivity contribution >= 4 is 0 Å². The minimum absolute atomic E-state index is 0.142. The van der Waals surface area contributed by atoms with Crippen molar-refractivity contribution in [1.29, 1.82) is 0 Å². The van der Waals surface area contributed by atoms with Crippen LogP contribution in [0.25, 0.3) is 0 Å². The molecule has 1 heterocycles. The molecule has 1 aliphatic heterocycles. The van der Waals surface area contributed by atoms with Crippen LogP contribution in [0.4, 0.5) is 0 Å². The van der Waals surface area contributed by atoms with Crippen LogP contribution in [0.5, 0.6) is 0 Å². The molecule has 0 radical (unpaired) electrons. The molecule has 1 saturated heterocycles. The largest absolute Gasteiger partial charge is 0.392 e. The molecule has 21 heavy (non-hydrogen) atoms. The molecule has 3 rings (SSSR count). The van der Waals surface area contributed by atoms with Crippen molar-refractivity contribution in [3.05, 3.63) is 48.0 Å². The van der Waals surface area contributed by atoms with Crippen LogP contribution in [0, 0.1) is 11.8 Å². The van der Waals surface area contributed by atoms with E-state index in [1.54, 1.807) is 0 Å². The maximum atomic E-state index is 10.1. The first-order valence-corrected chi connectivity index (χ1v) is 7.94. The van der Waals surface area contributed by atoms with E-state index in [4.69, 9.17) is 4.74 Å².